The lowest BCUT2D eigenvalue weighted by atomic mass is 10.2. The summed E-state index contributed by atoms with van der Waals surface area (Å²) in [4.78, 5) is 25.1. The van der Waals surface area contributed by atoms with Crippen LogP contribution in [0.25, 0.3) is 10.9 Å². The van der Waals surface area contributed by atoms with E-state index in [1.807, 2.05) is 0 Å². The summed E-state index contributed by atoms with van der Waals surface area (Å²) in [6, 6.07) is 5.57. The van der Waals surface area contributed by atoms with Gasteiger partial charge in [-0.1, -0.05) is 12.1 Å². The molecular weight excluding hydrogens is 251 g/mol. The minimum Gasteiger partial charge on any atom is -0.481 e. The summed E-state index contributed by atoms with van der Waals surface area (Å²) in [5.74, 6) is -1.88. The number of benzene rings is 1. The number of aromatic amines is 1. The van der Waals surface area contributed by atoms with E-state index in [0.29, 0.717) is 5.39 Å². The van der Waals surface area contributed by atoms with Gasteiger partial charge in [0.25, 0.3) is 5.91 Å². The molecule has 1 heterocycles. The van der Waals surface area contributed by atoms with E-state index in [0.717, 1.165) is 0 Å². The van der Waals surface area contributed by atoms with Gasteiger partial charge in [-0.25, -0.2) is 4.39 Å². The number of carbonyl (C=O) groups is 2. The largest absolute Gasteiger partial charge is 0.481 e. The number of para-hydroxylation sites is 1. The fraction of sp³-hybridized carbons (Fsp3) is 0.231. The number of carboxylic acids is 1. The summed E-state index contributed by atoms with van der Waals surface area (Å²) in [7, 11) is 0. The van der Waals surface area contributed by atoms with Gasteiger partial charge in [-0.05, 0) is 19.1 Å². The van der Waals surface area contributed by atoms with Crippen molar-refractivity contribution in [2.45, 2.75) is 19.4 Å². The SMILES string of the molecule is CC(CC(=O)O)NC(=O)c1cc2cccc(F)c2[nH]1. The van der Waals surface area contributed by atoms with Crippen molar-refractivity contribution in [2.75, 3.05) is 0 Å². The molecule has 0 saturated carbocycles. The minimum atomic E-state index is -0.990. The van der Waals surface area contributed by atoms with E-state index in [1.165, 1.54) is 12.1 Å². The van der Waals surface area contributed by atoms with Crippen molar-refractivity contribution < 1.29 is 19.1 Å². The monoisotopic (exact) mass is 264 g/mol. The number of fused-ring (bicyclic) bond motifs is 1. The number of carbonyl (C=O) groups excluding carboxylic acids is 1. The van der Waals surface area contributed by atoms with Crippen LogP contribution in [-0.2, 0) is 4.79 Å². The summed E-state index contributed by atoms with van der Waals surface area (Å²) in [5, 5.41) is 11.7. The lowest BCUT2D eigenvalue weighted by Gasteiger charge is -2.10. The average Bonchev–Trinajstić information content (AvgIpc) is 2.73. The lowest BCUT2D eigenvalue weighted by molar-refractivity contribution is -0.137. The number of amides is 1. The molecule has 0 aliphatic rings. The van der Waals surface area contributed by atoms with Crippen LogP contribution in [0, 0.1) is 5.82 Å². The molecule has 1 atom stereocenters. The van der Waals surface area contributed by atoms with Gasteiger partial charge >= 0.3 is 5.97 Å². The van der Waals surface area contributed by atoms with Gasteiger partial charge in [0.05, 0.1) is 11.9 Å². The first-order valence-electron chi connectivity index (χ1n) is 5.77. The van der Waals surface area contributed by atoms with Crippen molar-refractivity contribution in [2.24, 2.45) is 0 Å². The quantitative estimate of drug-likeness (QED) is 0.788. The van der Waals surface area contributed by atoms with Crippen molar-refractivity contribution in [3.63, 3.8) is 0 Å². The van der Waals surface area contributed by atoms with Crippen LogP contribution in [0.2, 0.25) is 0 Å². The van der Waals surface area contributed by atoms with Crippen molar-refractivity contribution in [3.8, 4) is 0 Å². The molecule has 100 valence electrons. The molecule has 3 N–H and O–H groups in total. The van der Waals surface area contributed by atoms with Crippen LogP contribution in [0.15, 0.2) is 24.3 Å². The number of hydrogen-bond acceptors (Lipinski definition) is 2. The summed E-state index contributed by atoms with van der Waals surface area (Å²) in [5.41, 5.74) is 0.468. The molecular formula is C13H13FN2O3. The third-order valence-electron chi connectivity index (χ3n) is 2.71. The normalized spacial score (nSPS) is 12.3. The first-order valence-corrected chi connectivity index (χ1v) is 5.77. The summed E-state index contributed by atoms with van der Waals surface area (Å²) in [6.45, 7) is 1.59. The maximum absolute atomic E-state index is 13.5. The van der Waals surface area contributed by atoms with Gasteiger partial charge < -0.3 is 15.4 Å². The molecule has 2 rings (SSSR count). The van der Waals surface area contributed by atoms with E-state index in [4.69, 9.17) is 5.11 Å². The fourth-order valence-corrected chi connectivity index (χ4v) is 1.86. The predicted octanol–water partition coefficient (Wildman–Crippen LogP) is 1.90. The van der Waals surface area contributed by atoms with Gasteiger partial charge in [0.15, 0.2) is 0 Å². The van der Waals surface area contributed by atoms with Crippen LogP contribution in [-0.4, -0.2) is 28.0 Å². The molecule has 1 unspecified atom stereocenters. The van der Waals surface area contributed by atoms with Crippen LogP contribution < -0.4 is 5.32 Å². The van der Waals surface area contributed by atoms with E-state index in [2.05, 4.69) is 10.3 Å². The smallest absolute Gasteiger partial charge is 0.305 e. The first-order chi connectivity index (χ1) is 8.97. The number of aromatic nitrogens is 1. The number of hydrogen-bond donors (Lipinski definition) is 3. The molecule has 6 heteroatoms. The molecule has 0 aliphatic heterocycles. The van der Waals surface area contributed by atoms with Crippen molar-refractivity contribution >= 4 is 22.8 Å². The lowest BCUT2D eigenvalue weighted by Crippen LogP contribution is -2.34. The molecule has 5 nitrogen and oxygen atoms in total. The van der Waals surface area contributed by atoms with E-state index >= 15 is 0 Å². The molecule has 0 radical (unpaired) electrons. The standard InChI is InChI=1S/C13H13FN2O3/c1-7(5-11(17)18)15-13(19)10-6-8-3-2-4-9(14)12(8)16-10/h2-4,6-7,16H,5H2,1H3,(H,15,19)(H,17,18). The third kappa shape index (κ3) is 2.90. The average molecular weight is 264 g/mol. The second-order valence-electron chi connectivity index (χ2n) is 4.36. The Labute approximate surface area is 108 Å². The molecule has 2 aromatic rings. The first kappa shape index (κ1) is 13.1. The Kier molecular flexibility index (Phi) is 3.50. The van der Waals surface area contributed by atoms with Gasteiger partial charge in [-0.15, -0.1) is 0 Å². The highest BCUT2D eigenvalue weighted by Crippen LogP contribution is 2.18. The second-order valence-corrected chi connectivity index (χ2v) is 4.36. The molecule has 19 heavy (non-hydrogen) atoms. The van der Waals surface area contributed by atoms with E-state index in [1.54, 1.807) is 19.1 Å². The zero-order valence-corrected chi connectivity index (χ0v) is 10.2. The van der Waals surface area contributed by atoms with Crippen molar-refractivity contribution in [1.82, 2.24) is 10.3 Å². The van der Waals surface area contributed by atoms with Crippen LogP contribution in [0.5, 0.6) is 0 Å². The Balaban J connectivity index is 2.18. The highest BCUT2D eigenvalue weighted by Gasteiger charge is 2.15. The van der Waals surface area contributed by atoms with E-state index in [9.17, 15) is 14.0 Å². The van der Waals surface area contributed by atoms with E-state index in [-0.39, 0.29) is 17.6 Å². The Hall–Kier alpha value is -2.37. The number of H-pyrrole nitrogens is 1. The van der Waals surface area contributed by atoms with Crippen molar-refractivity contribution in [1.29, 1.82) is 0 Å². The molecule has 1 aromatic carbocycles. The number of halogens is 1. The maximum atomic E-state index is 13.5. The summed E-state index contributed by atoms with van der Waals surface area (Å²) in [6.07, 6.45) is -0.166. The third-order valence-corrected chi connectivity index (χ3v) is 2.71. The topological polar surface area (TPSA) is 82.2 Å². The van der Waals surface area contributed by atoms with Crippen LogP contribution >= 0.6 is 0 Å². The maximum Gasteiger partial charge on any atom is 0.305 e. The molecule has 0 fully saturated rings. The van der Waals surface area contributed by atoms with Crippen LogP contribution in [0.3, 0.4) is 0 Å². The molecule has 0 spiro atoms. The van der Waals surface area contributed by atoms with Crippen LogP contribution in [0.4, 0.5) is 4.39 Å². The zero-order valence-electron chi connectivity index (χ0n) is 10.2. The zero-order chi connectivity index (χ0) is 14.0. The molecule has 0 bridgehead atoms. The minimum absolute atomic E-state index is 0.166. The van der Waals surface area contributed by atoms with Gasteiger partial charge in [-0.2, -0.15) is 0 Å². The van der Waals surface area contributed by atoms with Gasteiger partial charge in [0.2, 0.25) is 0 Å². The number of aliphatic carboxylic acids is 1. The Morgan fingerprint density at radius 1 is 1.47 bits per heavy atom. The Morgan fingerprint density at radius 3 is 2.84 bits per heavy atom. The molecule has 1 aromatic heterocycles. The van der Waals surface area contributed by atoms with Gasteiger partial charge in [-0.3, -0.25) is 9.59 Å². The number of nitrogens with one attached hydrogen (secondary N) is 2. The summed E-state index contributed by atoms with van der Waals surface area (Å²) < 4.78 is 13.5. The number of carboxylic acid groups (broad SMARTS) is 1. The Morgan fingerprint density at radius 2 is 2.21 bits per heavy atom. The van der Waals surface area contributed by atoms with Gasteiger partial charge in [0.1, 0.15) is 11.5 Å². The molecule has 0 saturated heterocycles. The van der Waals surface area contributed by atoms with Crippen molar-refractivity contribution in [3.05, 3.63) is 35.8 Å². The fourth-order valence-electron chi connectivity index (χ4n) is 1.86. The Bertz CT molecular complexity index is 636. The molecule has 0 aliphatic carbocycles. The highest BCUT2D eigenvalue weighted by molar-refractivity contribution is 5.98. The molecule has 1 amide bonds. The second kappa shape index (κ2) is 5.09. The van der Waals surface area contributed by atoms with Gasteiger partial charge in [0, 0.05) is 11.4 Å². The summed E-state index contributed by atoms with van der Waals surface area (Å²) >= 11 is 0. The predicted molar refractivity (Wildman–Crippen MR) is 67.4 cm³/mol. The van der Waals surface area contributed by atoms with Crippen LogP contribution in [0.1, 0.15) is 23.8 Å². The number of rotatable bonds is 4. The highest BCUT2D eigenvalue weighted by atomic mass is 19.1. The van der Waals surface area contributed by atoms with E-state index < -0.39 is 23.7 Å².